The summed E-state index contributed by atoms with van der Waals surface area (Å²) in [4.78, 5) is 11.1. The molecule has 0 aromatic heterocycles. The fraction of sp³-hybridized carbons (Fsp3) is 0.263. The van der Waals surface area contributed by atoms with Crippen molar-refractivity contribution in [2.75, 3.05) is 23.8 Å². The monoisotopic (exact) mass is 435 g/mol. The summed E-state index contributed by atoms with van der Waals surface area (Å²) in [5, 5.41) is 9.64. The van der Waals surface area contributed by atoms with Crippen molar-refractivity contribution in [2.24, 2.45) is 0 Å². The molecule has 0 heterocycles. The molecule has 1 amide bonds. The number of hydrogen-bond acceptors (Lipinski definition) is 3. The summed E-state index contributed by atoms with van der Waals surface area (Å²) in [7, 11) is 0. The second kappa shape index (κ2) is 10.1. The Morgan fingerprint density at radius 1 is 1.15 bits per heavy atom. The van der Waals surface area contributed by atoms with Gasteiger partial charge >= 0.3 is 0 Å². The maximum absolute atomic E-state index is 11.1. The molecule has 0 radical (unpaired) electrons. The molecule has 138 valence electrons. The van der Waals surface area contributed by atoms with E-state index in [2.05, 4.69) is 31.9 Å². The van der Waals surface area contributed by atoms with E-state index in [1.165, 1.54) is 6.92 Å². The van der Waals surface area contributed by atoms with E-state index < -0.39 is 0 Å². The molecular formula is C19H22BrN3O2S. The molecule has 0 saturated carbocycles. The lowest BCUT2D eigenvalue weighted by atomic mass is 10.2. The van der Waals surface area contributed by atoms with Gasteiger partial charge in [0, 0.05) is 35.4 Å². The predicted molar refractivity (Wildman–Crippen MR) is 114 cm³/mol. The van der Waals surface area contributed by atoms with Crippen molar-refractivity contribution in [3.8, 4) is 5.75 Å². The minimum Gasteiger partial charge on any atom is -0.493 e. The summed E-state index contributed by atoms with van der Waals surface area (Å²) >= 11 is 8.78. The zero-order chi connectivity index (χ0) is 18.9. The van der Waals surface area contributed by atoms with Gasteiger partial charge in [-0.2, -0.15) is 0 Å². The average molecular weight is 436 g/mol. The first-order valence-corrected chi connectivity index (χ1v) is 9.45. The van der Waals surface area contributed by atoms with Crippen molar-refractivity contribution in [1.82, 2.24) is 5.32 Å². The number of benzene rings is 2. The second-order valence-electron chi connectivity index (χ2n) is 5.76. The first-order valence-electron chi connectivity index (χ1n) is 8.25. The number of halogens is 1. The summed E-state index contributed by atoms with van der Waals surface area (Å²) in [5.41, 5.74) is 2.82. The molecule has 26 heavy (non-hydrogen) atoms. The summed E-state index contributed by atoms with van der Waals surface area (Å²) in [6.07, 6.45) is 0.797. The van der Waals surface area contributed by atoms with E-state index in [1.807, 2.05) is 43.3 Å². The molecule has 3 N–H and O–H groups in total. The maximum Gasteiger partial charge on any atom is 0.221 e. The van der Waals surface area contributed by atoms with Crippen LogP contribution in [0.3, 0.4) is 0 Å². The zero-order valence-electron chi connectivity index (χ0n) is 14.8. The quantitative estimate of drug-likeness (QED) is 0.442. The SMILES string of the molecule is CC(=O)Nc1cccc(OCCCNC(=S)Nc2ccc(Br)c(C)c2)c1. The van der Waals surface area contributed by atoms with Crippen LogP contribution in [0.15, 0.2) is 46.9 Å². The van der Waals surface area contributed by atoms with E-state index >= 15 is 0 Å². The van der Waals surface area contributed by atoms with Crippen LogP contribution in [-0.4, -0.2) is 24.2 Å². The lowest BCUT2D eigenvalue weighted by Gasteiger charge is -2.12. The molecule has 0 unspecified atom stereocenters. The van der Waals surface area contributed by atoms with Crippen LogP contribution in [0, 0.1) is 6.92 Å². The minimum absolute atomic E-state index is 0.103. The van der Waals surface area contributed by atoms with Crippen LogP contribution < -0.4 is 20.7 Å². The molecular weight excluding hydrogens is 414 g/mol. The zero-order valence-corrected chi connectivity index (χ0v) is 17.2. The molecule has 0 saturated heterocycles. The van der Waals surface area contributed by atoms with Gasteiger partial charge in [0.15, 0.2) is 5.11 Å². The number of rotatable bonds is 7. The van der Waals surface area contributed by atoms with Crippen molar-refractivity contribution in [1.29, 1.82) is 0 Å². The third kappa shape index (κ3) is 7.01. The van der Waals surface area contributed by atoms with Crippen molar-refractivity contribution >= 4 is 50.5 Å². The molecule has 2 aromatic rings. The van der Waals surface area contributed by atoms with Gasteiger partial charge in [0.25, 0.3) is 0 Å². The summed E-state index contributed by atoms with van der Waals surface area (Å²) in [5.74, 6) is 0.621. The number of ether oxygens (including phenoxy) is 1. The molecule has 0 spiro atoms. The number of aryl methyl sites for hydroxylation is 1. The molecule has 7 heteroatoms. The van der Waals surface area contributed by atoms with Gasteiger partial charge in [-0.15, -0.1) is 0 Å². The number of carbonyl (C=O) groups excluding carboxylic acids is 1. The van der Waals surface area contributed by atoms with Gasteiger partial charge in [-0.05, 0) is 61.5 Å². The Balaban J connectivity index is 1.67. The summed E-state index contributed by atoms with van der Waals surface area (Å²) in [6.45, 7) is 4.76. The molecule has 2 aromatic carbocycles. The van der Waals surface area contributed by atoms with Gasteiger partial charge in [0.05, 0.1) is 6.61 Å². The van der Waals surface area contributed by atoms with E-state index in [0.29, 0.717) is 18.3 Å². The molecule has 0 atom stereocenters. The van der Waals surface area contributed by atoms with Crippen molar-refractivity contribution < 1.29 is 9.53 Å². The molecule has 2 rings (SSSR count). The van der Waals surface area contributed by atoms with Gasteiger partial charge in [-0.1, -0.05) is 22.0 Å². The number of anilines is 2. The highest BCUT2D eigenvalue weighted by Crippen LogP contribution is 2.20. The first-order chi connectivity index (χ1) is 12.4. The molecule has 0 fully saturated rings. The van der Waals surface area contributed by atoms with Gasteiger partial charge in [0.2, 0.25) is 5.91 Å². The van der Waals surface area contributed by atoms with Crippen molar-refractivity contribution in [3.05, 3.63) is 52.5 Å². The number of thiocarbonyl (C=S) groups is 1. The van der Waals surface area contributed by atoms with Crippen LogP contribution in [0.2, 0.25) is 0 Å². The average Bonchev–Trinajstić information content (AvgIpc) is 2.57. The van der Waals surface area contributed by atoms with E-state index in [-0.39, 0.29) is 5.91 Å². The van der Waals surface area contributed by atoms with E-state index in [0.717, 1.165) is 33.6 Å². The number of hydrogen-bond donors (Lipinski definition) is 3. The lowest BCUT2D eigenvalue weighted by Crippen LogP contribution is -2.30. The van der Waals surface area contributed by atoms with Crippen LogP contribution in [0.1, 0.15) is 18.9 Å². The molecule has 5 nitrogen and oxygen atoms in total. The third-order valence-corrected chi connectivity index (χ3v) is 4.58. The van der Waals surface area contributed by atoms with Gasteiger partial charge in [-0.3, -0.25) is 4.79 Å². The molecule has 0 aliphatic carbocycles. The van der Waals surface area contributed by atoms with Gasteiger partial charge in [0.1, 0.15) is 5.75 Å². The highest BCUT2D eigenvalue weighted by molar-refractivity contribution is 9.10. The number of amides is 1. The highest BCUT2D eigenvalue weighted by atomic mass is 79.9. The van der Waals surface area contributed by atoms with Crippen LogP contribution >= 0.6 is 28.1 Å². The van der Waals surface area contributed by atoms with E-state index in [1.54, 1.807) is 6.07 Å². The Morgan fingerprint density at radius 2 is 1.92 bits per heavy atom. The molecule has 0 bridgehead atoms. The first kappa shape index (κ1) is 20.2. The van der Waals surface area contributed by atoms with Crippen LogP contribution in [0.25, 0.3) is 0 Å². The smallest absolute Gasteiger partial charge is 0.221 e. The molecule has 0 aliphatic heterocycles. The number of nitrogens with one attached hydrogen (secondary N) is 3. The largest absolute Gasteiger partial charge is 0.493 e. The Bertz CT molecular complexity index is 783. The fourth-order valence-electron chi connectivity index (χ4n) is 2.23. The van der Waals surface area contributed by atoms with Crippen molar-refractivity contribution in [2.45, 2.75) is 20.3 Å². The maximum atomic E-state index is 11.1. The number of carbonyl (C=O) groups is 1. The Hall–Kier alpha value is -2.12. The Kier molecular flexibility index (Phi) is 7.87. The topological polar surface area (TPSA) is 62.4 Å². The van der Waals surface area contributed by atoms with Gasteiger partial charge < -0.3 is 20.7 Å². The normalized spacial score (nSPS) is 10.1. The predicted octanol–water partition coefficient (Wildman–Crippen LogP) is 4.47. The summed E-state index contributed by atoms with van der Waals surface area (Å²) < 4.78 is 6.77. The van der Waals surface area contributed by atoms with Crippen LogP contribution in [0.5, 0.6) is 5.75 Å². The van der Waals surface area contributed by atoms with Gasteiger partial charge in [-0.25, -0.2) is 0 Å². The summed E-state index contributed by atoms with van der Waals surface area (Å²) in [6, 6.07) is 13.3. The second-order valence-corrected chi connectivity index (χ2v) is 7.02. The van der Waals surface area contributed by atoms with E-state index in [4.69, 9.17) is 17.0 Å². The third-order valence-electron chi connectivity index (χ3n) is 3.45. The Labute approximate surface area is 167 Å². The highest BCUT2D eigenvalue weighted by Gasteiger charge is 2.01. The van der Waals surface area contributed by atoms with Crippen LogP contribution in [-0.2, 0) is 4.79 Å². The van der Waals surface area contributed by atoms with Crippen LogP contribution in [0.4, 0.5) is 11.4 Å². The van der Waals surface area contributed by atoms with Crippen molar-refractivity contribution in [3.63, 3.8) is 0 Å². The molecule has 0 aliphatic rings. The minimum atomic E-state index is -0.103. The fourth-order valence-corrected chi connectivity index (χ4v) is 2.70. The standard InChI is InChI=1S/C19H22BrN3O2S/c1-13-11-16(7-8-18(13)20)23-19(26)21-9-4-10-25-17-6-3-5-15(12-17)22-14(2)24/h3,5-8,11-12H,4,9-10H2,1-2H3,(H,22,24)(H2,21,23,26). The lowest BCUT2D eigenvalue weighted by molar-refractivity contribution is -0.114. The Morgan fingerprint density at radius 3 is 2.65 bits per heavy atom. The van der Waals surface area contributed by atoms with E-state index in [9.17, 15) is 4.79 Å².